The average Bonchev–Trinajstić information content (AvgIpc) is 2.40. The van der Waals surface area contributed by atoms with Crippen LogP contribution in [0.3, 0.4) is 0 Å². The van der Waals surface area contributed by atoms with Crippen LogP contribution < -0.4 is 5.73 Å². The molecule has 1 unspecified atom stereocenters. The van der Waals surface area contributed by atoms with E-state index in [1.165, 1.54) is 11.9 Å². The van der Waals surface area contributed by atoms with Gasteiger partial charge in [0, 0.05) is 29.4 Å². The standard InChI is InChI=1S/C14H17N3/c1-14(2,12-6-4-3-5-7-12)13(15)11-8-16-10-17-9-11/h3-10,13H,15H2,1-2H3. The molecule has 0 aliphatic carbocycles. The van der Waals surface area contributed by atoms with Crippen LogP contribution in [0.4, 0.5) is 0 Å². The molecule has 0 aliphatic heterocycles. The third-order valence-corrected chi connectivity index (χ3v) is 3.23. The summed E-state index contributed by atoms with van der Waals surface area (Å²) in [5, 5.41) is 0. The van der Waals surface area contributed by atoms with E-state index in [1.54, 1.807) is 12.4 Å². The molecule has 0 aliphatic rings. The van der Waals surface area contributed by atoms with Crippen LogP contribution in [0.5, 0.6) is 0 Å². The monoisotopic (exact) mass is 227 g/mol. The number of nitrogens with zero attached hydrogens (tertiary/aromatic N) is 2. The minimum absolute atomic E-state index is 0.119. The van der Waals surface area contributed by atoms with Gasteiger partial charge in [-0.2, -0.15) is 0 Å². The first kappa shape index (κ1) is 11.7. The molecule has 0 radical (unpaired) electrons. The number of aromatic nitrogens is 2. The Balaban J connectivity index is 2.33. The summed E-state index contributed by atoms with van der Waals surface area (Å²) in [6, 6.07) is 10.2. The van der Waals surface area contributed by atoms with Crippen molar-refractivity contribution in [2.24, 2.45) is 5.73 Å². The molecule has 0 bridgehead atoms. The van der Waals surface area contributed by atoms with Gasteiger partial charge < -0.3 is 5.73 Å². The van der Waals surface area contributed by atoms with Gasteiger partial charge in [0.2, 0.25) is 0 Å². The third kappa shape index (κ3) is 2.34. The highest BCUT2D eigenvalue weighted by atomic mass is 14.8. The molecule has 2 N–H and O–H groups in total. The topological polar surface area (TPSA) is 51.8 Å². The zero-order chi connectivity index (χ0) is 12.3. The van der Waals surface area contributed by atoms with Crippen LogP contribution in [0.1, 0.15) is 31.0 Å². The zero-order valence-electron chi connectivity index (χ0n) is 10.2. The Morgan fingerprint density at radius 3 is 2.24 bits per heavy atom. The van der Waals surface area contributed by atoms with Crippen molar-refractivity contribution >= 4 is 0 Å². The second kappa shape index (κ2) is 4.63. The fourth-order valence-corrected chi connectivity index (χ4v) is 1.94. The lowest BCUT2D eigenvalue weighted by atomic mass is 9.76. The van der Waals surface area contributed by atoms with Crippen molar-refractivity contribution in [1.82, 2.24) is 9.97 Å². The van der Waals surface area contributed by atoms with Crippen LogP contribution in [0.25, 0.3) is 0 Å². The van der Waals surface area contributed by atoms with E-state index in [9.17, 15) is 0 Å². The van der Waals surface area contributed by atoms with E-state index in [0.717, 1.165) is 5.56 Å². The summed E-state index contributed by atoms with van der Waals surface area (Å²) >= 11 is 0. The molecular weight excluding hydrogens is 210 g/mol. The molecule has 3 heteroatoms. The van der Waals surface area contributed by atoms with Crippen molar-refractivity contribution in [3.05, 3.63) is 60.2 Å². The lowest BCUT2D eigenvalue weighted by Crippen LogP contribution is -2.33. The minimum Gasteiger partial charge on any atom is -0.323 e. The van der Waals surface area contributed by atoms with Gasteiger partial charge in [0.15, 0.2) is 0 Å². The van der Waals surface area contributed by atoms with Gasteiger partial charge in [0.1, 0.15) is 6.33 Å². The normalized spacial score (nSPS) is 13.4. The molecule has 88 valence electrons. The smallest absolute Gasteiger partial charge is 0.115 e. The third-order valence-electron chi connectivity index (χ3n) is 3.23. The van der Waals surface area contributed by atoms with Crippen LogP contribution in [0.15, 0.2) is 49.1 Å². The van der Waals surface area contributed by atoms with Gasteiger partial charge >= 0.3 is 0 Å². The van der Waals surface area contributed by atoms with Crippen molar-refractivity contribution in [1.29, 1.82) is 0 Å². The molecule has 0 fully saturated rings. The number of hydrogen-bond acceptors (Lipinski definition) is 3. The maximum atomic E-state index is 6.32. The molecule has 0 saturated carbocycles. The van der Waals surface area contributed by atoms with E-state index < -0.39 is 0 Å². The molecule has 0 amide bonds. The molecule has 17 heavy (non-hydrogen) atoms. The van der Waals surface area contributed by atoms with Gasteiger partial charge in [-0.3, -0.25) is 0 Å². The van der Waals surface area contributed by atoms with Gasteiger partial charge in [-0.05, 0) is 5.56 Å². The Kier molecular flexibility index (Phi) is 3.20. The van der Waals surface area contributed by atoms with E-state index in [-0.39, 0.29) is 11.5 Å². The number of hydrogen-bond donors (Lipinski definition) is 1. The lowest BCUT2D eigenvalue weighted by molar-refractivity contribution is 0.419. The Morgan fingerprint density at radius 2 is 1.65 bits per heavy atom. The first-order valence-electron chi connectivity index (χ1n) is 5.68. The molecule has 3 nitrogen and oxygen atoms in total. The summed E-state index contributed by atoms with van der Waals surface area (Å²) < 4.78 is 0. The molecule has 1 atom stereocenters. The van der Waals surface area contributed by atoms with E-state index in [2.05, 4.69) is 35.9 Å². The van der Waals surface area contributed by atoms with Crippen molar-refractivity contribution in [3.8, 4) is 0 Å². The fourth-order valence-electron chi connectivity index (χ4n) is 1.94. The van der Waals surface area contributed by atoms with Crippen molar-refractivity contribution in [2.75, 3.05) is 0 Å². The maximum Gasteiger partial charge on any atom is 0.115 e. The summed E-state index contributed by atoms with van der Waals surface area (Å²) in [6.45, 7) is 4.28. The first-order valence-corrected chi connectivity index (χ1v) is 5.68. The summed E-state index contributed by atoms with van der Waals surface area (Å²) in [6.07, 6.45) is 5.08. The number of nitrogens with two attached hydrogens (primary N) is 1. The Bertz CT molecular complexity index is 465. The summed E-state index contributed by atoms with van der Waals surface area (Å²) in [5.41, 5.74) is 8.36. The van der Waals surface area contributed by atoms with Gasteiger partial charge in [-0.1, -0.05) is 44.2 Å². The summed E-state index contributed by atoms with van der Waals surface area (Å²) in [4.78, 5) is 8.04. The highest BCUT2D eigenvalue weighted by Crippen LogP contribution is 2.34. The van der Waals surface area contributed by atoms with Gasteiger partial charge in [0.25, 0.3) is 0 Å². The second-order valence-corrected chi connectivity index (χ2v) is 4.74. The molecule has 2 rings (SSSR count). The number of rotatable bonds is 3. The quantitative estimate of drug-likeness (QED) is 0.876. The van der Waals surface area contributed by atoms with Crippen LogP contribution in [0, 0.1) is 0 Å². The van der Waals surface area contributed by atoms with Gasteiger partial charge in [-0.15, -0.1) is 0 Å². The summed E-state index contributed by atoms with van der Waals surface area (Å²) in [5.74, 6) is 0. The Morgan fingerprint density at radius 1 is 1.06 bits per heavy atom. The van der Waals surface area contributed by atoms with E-state index in [4.69, 9.17) is 5.73 Å². The van der Waals surface area contributed by atoms with Crippen molar-refractivity contribution < 1.29 is 0 Å². The Labute approximate surface area is 102 Å². The zero-order valence-corrected chi connectivity index (χ0v) is 10.2. The van der Waals surface area contributed by atoms with E-state index >= 15 is 0 Å². The second-order valence-electron chi connectivity index (χ2n) is 4.74. The van der Waals surface area contributed by atoms with Gasteiger partial charge in [0.05, 0.1) is 0 Å². The molecule has 2 aromatic rings. The van der Waals surface area contributed by atoms with E-state index in [1.807, 2.05) is 18.2 Å². The van der Waals surface area contributed by atoms with Gasteiger partial charge in [-0.25, -0.2) is 9.97 Å². The maximum absolute atomic E-state index is 6.32. The molecular formula is C14H17N3. The van der Waals surface area contributed by atoms with Crippen LogP contribution in [-0.4, -0.2) is 9.97 Å². The van der Waals surface area contributed by atoms with Crippen LogP contribution in [0.2, 0.25) is 0 Å². The first-order chi connectivity index (χ1) is 8.12. The fraction of sp³-hybridized carbons (Fsp3) is 0.286. The predicted octanol–water partition coefficient (Wildman–Crippen LogP) is 2.45. The van der Waals surface area contributed by atoms with Crippen molar-refractivity contribution in [2.45, 2.75) is 25.3 Å². The minimum atomic E-state index is -0.147. The SMILES string of the molecule is CC(C)(c1ccccc1)C(N)c1cncnc1. The Hall–Kier alpha value is -1.74. The van der Waals surface area contributed by atoms with Crippen molar-refractivity contribution in [3.63, 3.8) is 0 Å². The number of benzene rings is 1. The largest absolute Gasteiger partial charge is 0.323 e. The average molecular weight is 227 g/mol. The molecule has 1 aromatic carbocycles. The van der Waals surface area contributed by atoms with E-state index in [0.29, 0.717) is 0 Å². The van der Waals surface area contributed by atoms with Crippen LogP contribution in [-0.2, 0) is 5.41 Å². The molecule has 0 saturated heterocycles. The lowest BCUT2D eigenvalue weighted by Gasteiger charge is -2.32. The molecule has 0 spiro atoms. The highest BCUT2D eigenvalue weighted by molar-refractivity contribution is 5.29. The summed E-state index contributed by atoms with van der Waals surface area (Å²) in [7, 11) is 0. The molecule has 1 heterocycles. The highest BCUT2D eigenvalue weighted by Gasteiger charge is 2.29. The molecule has 1 aromatic heterocycles. The predicted molar refractivity (Wildman–Crippen MR) is 68.4 cm³/mol. The van der Waals surface area contributed by atoms with Crippen LogP contribution >= 0.6 is 0 Å².